The predicted molar refractivity (Wildman–Crippen MR) is 113 cm³/mol. The van der Waals surface area contributed by atoms with Crippen LogP contribution in [0, 0.1) is 5.82 Å². The molecule has 33 heavy (non-hydrogen) atoms. The molecule has 1 aliphatic heterocycles. The summed E-state index contributed by atoms with van der Waals surface area (Å²) in [5.74, 6) is -3.36. The van der Waals surface area contributed by atoms with Crippen molar-refractivity contribution in [3.8, 4) is 5.75 Å². The number of nitrogens with one attached hydrogen (secondary N) is 1. The van der Waals surface area contributed by atoms with Crippen molar-refractivity contribution in [3.63, 3.8) is 0 Å². The zero-order valence-electron chi connectivity index (χ0n) is 17.7. The molecule has 0 aromatic heterocycles. The Hall–Kier alpha value is -3.73. The minimum atomic E-state index is -1.43. The maximum atomic E-state index is 12.9. The Bertz CT molecular complexity index is 1060. The fourth-order valence-corrected chi connectivity index (χ4v) is 3.16. The van der Waals surface area contributed by atoms with Gasteiger partial charge in [0.15, 0.2) is 0 Å². The summed E-state index contributed by atoms with van der Waals surface area (Å²) in [5, 5.41) is 12.9. The number of para-hydroxylation sites is 1. The van der Waals surface area contributed by atoms with E-state index in [0.29, 0.717) is 5.56 Å². The quantitative estimate of drug-likeness (QED) is 0.348. The molecule has 2 aromatic rings. The lowest BCUT2D eigenvalue weighted by Gasteiger charge is -2.29. The van der Waals surface area contributed by atoms with Crippen molar-refractivity contribution in [3.05, 3.63) is 65.0 Å². The van der Waals surface area contributed by atoms with E-state index in [2.05, 4.69) is 5.32 Å². The Morgan fingerprint density at radius 2 is 1.79 bits per heavy atom. The summed E-state index contributed by atoms with van der Waals surface area (Å²) < 4.78 is 28.2. The molecule has 1 heterocycles. The topological polar surface area (TPSA) is 128 Å². The first-order valence-corrected chi connectivity index (χ1v) is 10.1. The third-order valence-electron chi connectivity index (χ3n) is 4.85. The van der Waals surface area contributed by atoms with Gasteiger partial charge in [-0.15, -0.1) is 0 Å². The maximum Gasteiger partial charge on any atom is 0.547 e. The SMILES string of the molecule is CC(=O)CCC(=O)NC1Cc2cccc(C(=O)OCOC(=O)c3ccc(F)cc3)c2OB1O. The van der Waals surface area contributed by atoms with Crippen molar-refractivity contribution in [2.75, 3.05) is 6.79 Å². The van der Waals surface area contributed by atoms with Gasteiger partial charge in [0.2, 0.25) is 12.7 Å². The minimum Gasteiger partial charge on any atom is -0.534 e. The maximum absolute atomic E-state index is 12.9. The van der Waals surface area contributed by atoms with Crippen LogP contribution < -0.4 is 9.97 Å². The molecular weight excluding hydrogens is 436 g/mol. The number of ether oxygens (including phenoxy) is 2. The number of benzene rings is 2. The molecule has 3 rings (SSSR count). The number of hydrogen-bond donors (Lipinski definition) is 2. The number of esters is 2. The van der Waals surface area contributed by atoms with Crippen LogP contribution in [0.5, 0.6) is 5.75 Å². The monoisotopic (exact) mass is 457 g/mol. The van der Waals surface area contributed by atoms with Crippen molar-refractivity contribution in [1.82, 2.24) is 5.32 Å². The smallest absolute Gasteiger partial charge is 0.534 e. The van der Waals surface area contributed by atoms with Crippen LogP contribution in [0.15, 0.2) is 42.5 Å². The largest absolute Gasteiger partial charge is 0.547 e. The van der Waals surface area contributed by atoms with E-state index in [4.69, 9.17) is 14.1 Å². The molecule has 0 fully saturated rings. The highest BCUT2D eigenvalue weighted by Gasteiger charge is 2.37. The third-order valence-corrected chi connectivity index (χ3v) is 4.85. The molecule has 0 bridgehead atoms. The lowest BCUT2D eigenvalue weighted by Crippen LogP contribution is -2.53. The van der Waals surface area contributed by atoms with E-state index in [0.717, 1.165) is 12.1 Å². The van der Waals surface area contributed by atoms with E-state index in [-0.39, 0.29) is 41.9 Å². The van der Waals surface area contributed by atoms with Gasteiger partial charge in [0, 0.05) is 12.8 Å². The lowest BCUT2D eigenvalue weighted by molar-refractivity contribution is -0.124. The molecule has 0 aliphatic carbocycles. The Kier molecular flexibility index (Phi) is 7.78. The number of carbonyl (C=O) groups is 4. The first-order chi connectivity index (χ1) is 15.7. The van der Waals surface area contributed by atoms with Gasteiger partial charge in [-0.2, -0.15) is 0 Å². The van der Waals surface area contributed by atoms with Gasteiger partial charge < -0.3 is 29.3 Å². The predicted octanol–water partition coefficient (Wildman–Crippen LogP) is 1.61. The molecule has 172 valence electrons. The summed E-state index contributed by atoms with van der Waals surface area (Å²) in [5.41, 5.74) is 0.646. The van der Waals surface area contributed by atoms with Crippen LogP contribution >= 0.6 is 0 Å². The third kappa shape index (κ3) is 6.39. The summed E-state index contributed by atoms with van der Waals surface area (Å²) in [6.45, 7) is 0.697. The summed E-state index contributed by atoms with van der Waals surface area (Å²) >= 11 is 0. The van der Waals surface area contributed by atoms with Crippen LogP contribution in [0.25, 0.3) is 0 Å². The Morgan fingerprint density at radius 3 is 2.48 bits per heavy atom. The van der Waals surface area contributed by atoms with E-state index < -0.39 is 43.5 Å². The summed E-state index contributed by atoms with van der Waals surface area (Å²) in [6.07, 6.45) is 0.269. The molecule has 0 radical (unpaired) electrons. The molecule has 2 aromatic carbocycles. The zero-order valence-corrected chi connectivity index (χ0v) is 17.7. The molecule has 0 saturated carbocycles. The number of halogens is 1. The van der Waals surface area contributed by atoms with E-state index in [1.807, 2.05) is 0 Å². The van der Waals surface area contributed by atoms with E-state index in [9.17, 15) is 28.6 Å². The van der Waals surface area contributed by atoms with Crippen molar-refractivity contribution >= 4 is 30.7 Å². The number of ketones is 1. The van der Waals surface area contributed by atoms with E-state index in [1.54, 1.807) is 12.1 Å². The second kappa shape index (κ2) is 10.7. The summed E-state index contributed by atoms with van der Waals surface area (Å²) in [6, 6.07) is 9.33. The van der Waals surface area contributed by atoms with Gasteiger partial charge in [-0.1, -0.05) is 12.1 Å². The van der Waals surface area contributed by atoms with Crippen molar-refractivity contribution < 1.29 is 42.7 Å². The normalized spacial score (nSPS) is 14.5. The van der Waals surface area contributed by atoms with Crippen molar-refractivity contribution in [2.45, 2.75) is 32.1 Å². The first kappa shape index (κ1) is 23.9. The minimum absolute atomic E-state index is 0.00531. The summed E-state index contributed by atoms with van der Waals surface area (Å²) in [7, 11) is -1.43. The second-order valence-electron chi connectivity index (χ2n) is 7.37. The van der Waals surface area contributed by atoms with Gasteiger partial charge in [-0.25, -0.2) is 14.0 Å². The van der Waals surface area contributed by atoms with Crippen molar-refractivity contribution in [1.29, 1.82) is 0 Å². The van der Waals surface area contributed by atoms with Gasteiger partial charge in [0.25, 0.3) is 0 Å². The zero-order chi connectivity index (χ0) is 24.0. The fraction of sp³-hybridized carbons (Fsp3) is 0.273. The standard InChI is InChI=1S/C22H21BFNO8/c1-13(26)5-10-19(27)25-18-11-15-3-2-4-17(20(15)33-23(18)30)22(29)32-12-31-21(28)14-6-8-16(24)9-7-14/h2-4,6-9,18,30H,5,10-12H2,1H3,(H,25,27). The number of carbonyl (C=O) groups excluding carboxylic acids is 4. The lowest BCUT2D eigenvalue weighted by atomic mass is 9.72. The van der Waals surface area contributed by atoms with Crippen LogP contribution in [-0.4, -0.2) is 48.5 Å². The molecule has 1 amide bonds. The van der Waals surface area contributed by atoms with Crippen LogP contribution in [0.4, 0.5) is 4.39 Å². The number of fused-ring (bicyclic) bond motifs is 1. The highest BCUT2D eigenvalue weighted by molar-refractivity contribution is 6.47. The second-order valence-corrected chi connectivity index (χ2v) is 7.37. The average molecular weight is 457 g/mol. The van der Waals surface area contributed by atoms with Crippen LogP contribution in [0.1, 0.15) is 46.0 Å². The highest BCUT2D eigenvalue weighted by Crippen LogP contribution is 2.30. The van der Waals surface area contributed by atoms with Gasteiger partial charge in [-0.05, 0) is 49.2 Å². The number of amides is 1. The van der Waals surface area contributed by atoms with Crippen LogP contribution in [0.2, 0.25) is 0 Å². The molecule has 9 nitrogen and oxygen atoms in total. The van der Waals surface area contributed by atoms with Crippen molar-refractivity contribution in [2.24, 2.45) is 0 Å². The van der Waals surface area contributed by atoms with Crippen LogP contribution in [-0.2, 0) is 25.5 Å². The first-order valence-electron chi connectivity index (χ1n) is 10.1. The molecular formula is C22H21BFNO8. The average Bonchev–Trinajstić information content (AvgIpc) is 2.78. The van der Waals surface area contributed by atoms with Crippen LogP contribution in [0.3, 0.4) is 0 Å². The van der Waals surface area contributed by atoms with Gasteiger partial charge in [0.05, 0.1) is 11.5 Å². The Morgan fingerprint density at radius 1 is 1.09 bits per heavy atom. The summed E-state index contributed by atoms with van der Waals surface area (Å²) in [4.78, 5) is 47.4. The number of hydrogen-bond acceptors (Lipinski definition) is 8. The molecule has 1 atom stereocenters. The number of Topliss-reactive ketones (excluding diaryl/α,β-unsaturated/α-hetero) is 1. The number of rotatable bonds is 8. The molecule has 2 N–H and O–H groups in total. The molecule has 1 unspecified atom stereocenters. The van der Waals surface area contributed by atoms with E-state index in [1.165, 1.54) is 25.1 Å². The van der Waals surface area contributed by atoms with Gasteiger partial charge >= 0.3 is 19.1 Å². The molecule has 0 spiro atoms. The van der Waals surface area contributed by atoms with Gasteiger partial charge in [0.1, 0.15) is 22.9 Å². The highest BCUT2D eigenvalue weighted by atomic mass is 19.1. The van der Waals surface area contributed by atoms with E-state index >= 15 is 0 Å². The fourth-order valence-electron chi connectivity index (χ4n) is 3.16. The Labute approximate surface area is 189 Å². The molecule has 1 aliphatic rings. The van der Waals surface area contributed by atoms with Gasteiger partial charge in [-0.3, -0.25) is 4.79 Å². The molecule has 11 heteroatoms. The Balaban J connectivity index is 1.59. The molecule has 0 saturated heterocycles.